The molecule has 174 valence electrons. The van der Waals surface area contributed by atoms with E-state index in [1.165, 1.54) is 22.7 Å². The number of nitro groups is 1. The summed E-state index contributed by atoms with van der Waals surface area (Å²) in [6.45, 7) is 8.83. The smallest absolute Gasteiger partial charge is 0.270 e. The molecule has 0 heterocycles. The molecule has 0 saturated heterocycles. The number of nitrogens with one attached hydrogen (secondary N) is 1. The average Bonchev–Trinajstić information content (AvgIpc) is 2.75. The summed E-state index contributed by atoms with van der Waals surface area (Å²) in [5.74, 6) is 1.33. The number of hydrazone groups is 1. The molecule has 9 nitrogen and oxygen atoms in total. The highest BCUT2D eigenvalue weighted by atomic mass is 32.2. The maximum absolute atomic E-state index is 13.0. The van der Waals surface area contributed by atoms with E-state index in [0.29, 0.717) is 12.5 Å². The van der Waals surface area contributed by atoms with Crippen molar-refractivity contribution in [1.29, 1.82) is 0 Å². The predicted molar refractivity (Wildman–Crippen MR) is 126 cm³/mol. The van der Waals surface area contributed by atoms with Crippen molar-refractivity contribution in [2.75, 3.05) is 25.1 Å². The van der Waals surface area contributed by atoms with Crippen LogP contribution in [-0.4, -0.2) is 43.6 Å². The van der Waals surface area contributed by atoms with E-state index in [9.17, 15) is 18.5 Å². The molecule has 0 aliphatic carbocycles. The van der Waals surface area contributed by atoms with Gasteiger partial charge in [0.05, 0.1) is 23.4 Å². The van der Waals surface area contributed by atoms with Crippen LogP contribution in [0.1, 0.15) is 39.7 Å². The van der Waals surface area contributed by atoms with Gasteiger partial charge in [-0.2, -0.15) is 9.41 Å². The molecular formula is C22H30N4O5S. The van der Waals surface area contributed by atoms with E-state index < -0.39 is 14.9 Å². The molecule has 0 atom stereocenters. The van der Waals surface area contributed by atoms with Crippen molar-refractivity contribution in [3.05, 3.63) is 58.1 Å². The Balaban J connectivity index is 2.20. The Morgan fingerprint density at radius 3 is 2.38 bits per heavy atom. The average molecular weight is 463 g/mol. The number of hydrogen-bond acceptors (Lipinski definition) is 7. The zero-order chi connectivity index (χ0) is 23.7. The minimum atomic E-state index is -3.93. The van der Waals surface area contributed by atoms with E-state index in [1.54, 1.807) is 13.8 Å². The molecule has 32 heavy (non-hydrogen) atoms. The van der Waals surface area contributed by atoms with E-state index in [2.05, 4.69) is 24.4 Å². The molecule has 0 aromatic heterocycles. The third-order valence-corrected chi connectivity index (χ3v) is 6.83. The lowest BCUT2D eigenvalue weighted by Crippen LogP contribution is -2.31. The standard InChI is InChI=1S/C22H30N4O5S/c1-5-25(6-2)32(29,30)22-15-19(26(27)28)9-12-21(22)24-23-16-18-7-10-20(11-8-18)31-14-13-17(3)4/h7-12,15-17,24H,5-6,13-14H2,1-4H3. The number of hydrogen-bond donors (Lipinski definition) is 1. The van der Waals surface area contributed by atoms with Crippen LogP contribution in [0.15, 0.2) is 52.5 Å². The zero-order valence-electron chi connectivity index (χ0n) is 18.8. The summed E-state index contributed by atoms with van der Waals surface area (Å²) in [6, 6.07) is 11.0. The molecule has 2 aromatic carbocycles. The lowest BCUT2D eigenvalue weighted by molar-refractivity contribution is -0.385. The topological polar surface area (TPSA) is 114 Å². The predicted octanol–water partition coefficient (Wildman–Crippen LogP) is 4.50. The molecule has 2 rings (SSSR count). The Morgan fingerprint density at radius 2 is 1.81 bits per heavy atom. The maximum Gasteiger partial charge on any atom is 0.270 e. The molecule has 0 radical (unpaired) electrons. The van der Waals surface area contributed by atoms with Crippen molar-refractivity contribution in [1.82, 2.24) is 4.31 Å². The molecule has 0 saturated carbocycles. The van der Waals surface area contributed by atoms with Gasteiger partial charge in [-0.3, -0.25) is 15.5 Å². The SMILES string of the molecule is CCN(CC)S(=O)(=O)c1cc([N+](=O)[O-])ccc1NN=Cc1ccc(OCCC(C)C)cc1. The molecular weight excluding hydrogens is 432 g/mol. The molecule has 0 bridgehead atoms. The van der Waals surface area contributed by atoms with Gasteiger partial charge in [0.25, 0.3) is 5.69 Å². The summed E-state index contributed by atoms with van der Waals surface area (Å²) in [5.41, 5.74) is 3.34. The molecule has 1 N–H and O–H groups in total. The fourth-order valence-corrected chi connectivity index (χ4v) is 4.49. The second-order valence-corrected chi connectivity index (χ2v) is 9.40. The Morgan fingerprint density at radius 1 is 1.16 bits per heavy atom. The van der Waals surface area contributed by atoms with Crippen LogP contribution in [0.5, 0.6) is 5.75 Å². The first-order chi connectivity index (χ1) is 15.2. The van der Waals surface area contributed by atoms with Crippen LogP contribution < -0.4 is 10.2 Å². The fraction of sp³-hybridized carbons (Fsp3) is 0.409. The summed E-state index contributed by atoms with van der Waals surface area (Å²) in [6.07, 6.45) is 2.51. The number of rotatable bonds is 12. The van der Waals surface area contributed by atoms with Gasteiger partial charge < -0.3 is 4.74 Å². The lowest BCUT2D eigenvalue weighted by Gasteiger charge is -2.20. The number of non-ortho nitro benzene ring substituents is 1. The summed E-state index contributed by atoms with van der Waals surface area (Å²) in [5, 5.41) is 15.3. The molecule has 0 fully saturated rings. The Kier molecular flexibility index (Phi) is 9.15. The first-order valence-electron chi connectivity index (χ1n) is 10.5. The van der Waals surface area contributed by atoms with Crippen LogP contribution in [0.3, 0.4) is 0 Å². The maximum atomic E-state index is 13.0. The van der Waals surface area contributed by atoms with Gasteiger partial charge in [0.1, 0.15) is 10.6 Å². The fourth-order valence-electron chi connectivity index (χ4n) is 2.87. The number of benzene rings is 2. The van der Waals surface area contributed by atoms with Crippen LogP contribution in [0.25, 0.3) is 0 Å². The molecule has 10 heteroatoms. The van der Waals surface area contributed by atoms with Crippen LogP contribution in [0.2, 0.25) is 0 Å². The highest BCUT2D eigenvalue weighted by Gasteiger charge is 2.27. The van der Waals surface area contributed by atoms with Crippen LogP contribution in [0, 0.1) is 16.0 Å². The second kappa shape index (κ2) is 11.6. The normalized spacial score (nSPS) is 11.9. The van der Waals surface area contributed by atoms with Crippen molar-refractivity contribution >= 4 is 27.6 Å². The van der Waals surface area contributed by atoms with Crippen molar-refractivity contribution < 1.29 is 18.1 Å². The minimum Gasteiger partial charge on any atom is -0.494 e. The molecule has 0 spiro atoms. The van der Waals surface area contributed by atoms with Gasteiger partial charge in [-0.1, -0.05) is 27.7 Å². The molecule has 2 aromatic rings. The molecule has 0 aliphatic heterocycles. The third-order valence-electron chi connectivity index (χ3n) is 4.74. The number of nitrogens with zero attached hydrogens (tertiary/aromatic N) is 3. The van der Waals surface area contributed by atoms with Crippen LogP contribution >= 0.6 is 0 Å². The Bertz CT molecular complexity index is 1030. The Labute approximate surface area is 189 Å². The van der Waals surface area contributed by atoms with Crippen LogP contribution in [-0.2, 0) is 10.0 Å². The van der Waals surface area contributed by atoms with E-state index >= 15 is 0 Å². The first kappa shape index (κ1) is 25.3. The van der Waals surface area contributed by atoms with Crippen molar-refractivity contribution in [2.24, 2.45) is 11.0 Å². The summed E-state index contributed by atoms with van der Waals surface area (Å²) in [4.78, 5) is 10.3. The number of ether oxygens (including phenoxy) is 1. The van der Waals surface area contributed by atoms with Crippen molar-refractivity contribution in [3.63, 3.8) is 0 Å². The minimum absolute atomic E-state index is 0.160. The highest BCUT2D eigenvalue weighted by Crippen LogP contribution is 2.29. The zero-order valence-corrected chi connectivity index (χ0v) is 19.6. The second-order valence-electron chi connectivity index (χ2n) is 7.50. The monoisotopic (exact) mass is 462 g/mol. The summed E-state index contributed by atoms with van der Waals surface area (Å²) < 4.78 is 32.9. The number of sulfonamides is 1. The summed E-state index contributed by atoms with van der Waals surface area (Å²) in [7, 11) is -3.93. The molecule has 0 amide bonds. The van der Waals surface area contributed by atoms with E-state index in [0.717, 1.165) is 23.8 Å². The van der Waals surface area contributed by atoms with Crippen LogP contribution in [0.4, 0.5) is 11.4 Å². The van der Waals surface area contributed by atoms with Gasteiger partial charge in [-0.15, -0.1) is 0 Å². The van der Waals surface area contributed by atoms with E-state index in [1.807, 2.05) is 24.3 Å². The Hall–Kier alpha value is -2.98. The third kappa shape index (κ3) is 6.76. The molecule has 0 unspecified atom stereocenters. The van der Waals surface area contributed by atoms with E-state index in [-0.39, 0.29) is 29.4 Å². The largest absolute Gasteiger partial charge is 0.494 e. The number of anilines is 1. The number of nitro benzene ring substituents is 1. The molecule has 0 aliphatic rings. The van der Waals surface area contributed by atoms with Gasteiger partial charge >= 0.3 is 0 Å². The van der Waals surface area contributed by atoms with Gasteiger partial charge in [-0.25, -0.2) is 8.42 Å². The van der Waals surface area contributed by atoms with Gasteiger partial charge in [0.2, 0.25) is 10.0 Å². The van der Waals surface area contributed by atoms with Crippen molar-refractivity contribution in [3.8, 4) is 5.75 Å². The first-order valence-corrected chi connectivity index (χ1v) is 11.9. The van der Waals surface area contributed by atoms with Gasteiger partial charge in [-0.05, 0) is 48.2 Å². The summed E-state index contributed by atoms with van der Waals surface area (Å²) >= 11 is 0. The van der Waals surface area contributed by atoms with Gasteiger partial charge in [0, 0.05) is 25.2 Å². The van der Waals surface area contributed by atoms with E-state index in [4.69, 9.17) is 4.74 Å². The quantitative estimate of drug-likeness (QED) is 0.282. The van der Waals surface area contributed by atoms with Gasteiger partial charge in [0.15, 0.2) is 0 Å². The lowest BCUT2D eigenvalue weighted by atomic mass is 10.1. The van der Waals surface area contributed by atoms with Crippen molar-refractivity contribution in [2.45, 2.75) is 39.0 Å². The highest BCUT2D eigenvalue weighted by molar-refractivity contribution is 7.89.